The molecule has 1 heterocycles. The summed E-state index contributed by atoms with van der Waals surface area (Å²) in [6.45, 7) is 5.04. The molecule has 0 bridgehead atoms. The molecule has 0 aliphatic rings. The van der Waals surface area contributed by atoms with Gasteiger partial charge in [0.1, 0.15) is 0 Å². The number of carbonyl (C=O) groups is 2. The van der Waals surface area contributed by atoms with E-state index in [2.05, 4.69) is 23.8 Å². The Kier molecular flexibility index (Phi) is 13.6. The fourth-order valence-corrected chi connectivity index (χ4v) is 3.84. The monoisotopic (exact) mass is 468 g/mol. The second-order valence-corrected chi connectivity index (χ2v) is 8.63. The van der Waals surface area contributed by atoms with Gasteiger partial charge in [-0.2, -0.15) is 0 Å². The van der Waals surface area contributed by atoms with Crippen molar-refractivity contribution in [1.29, 1.82) is 0 Å². The Bertz CT molecular complexity index is 855. The summed E-state index contributed by atoms with van der Waals surface area (Å²) >= 11 is 0. The lowest BCUT2D eigenvalue weighted by Gasteiger charge is -2.14. The smallest absolute Gasteiger partial charge is 0.339 e. The first-order chi connectivity index (χ1) is 16.7. The van der Waals surface area contributed by atoms with Crippen molar-refractivity contribution in [2.75, 3.05) is 13.2 Å². The molecule has 0 amide bonds. The highest BCUT2D eigenvalue weighted by molar-refractivity contribution is 6.07. The van der Waals surface area contributed by atoms with Crippen molar-refractivity contribution in [1.82, 2.24) is 9.97 Å². The number of benzene rings is 1. The summed E-state index contributed by atoms with van der Waals surface area (Å²) in [5.74, 6) is -1.04. The third-order valence-corrected chi connectivity index (χ3v) is 5.79. The van der Waals surface area contributed by atoms with Crippen LogP contribution in [0.2, 0.25) is 0 Å². The molecule has 0 fully saturated rings. The highest BCUT2D eigenvalue weighted by Crippen LogP contribution is 2.26. The van der Waals surface area contributed by atoms with Crippen molar-refractivity contribution in [2.24, 2.45) is 0 Å². The van der Waals surface area contributed by atoms with Crippen LogP contribution in [0.5, 0.6) is 0 Å². The summed E-state index contributed by atoms with van der Waals surface area (Å²) in [4.78, 5) is 34.4. The lowest BCUT2D eigenvalue weighted by molar-refractivity contribution is 0.0451. The minimum Gasteiger partial charge on any atom is -0.462 e. The summed E-state index contributed by atoms with van der Waals surface area (Å²) in [5, 5.41) is 0. The summed E-state index contributed by atoms with van der Waals surface area (Å²) < 4.78 is 11.1. The first kappa shape index (κ1) is 27.5. The Labute approximate surface area is 204 Å². The van der Waals surface area contributed by atoms with Crippen molar-refractivity contribution in [3.8, 4) is 11.3 Å². The number of esters is 2. The summed E-state index contributed by atoms with van der Waals surface area (Å²) in [6, 6.07) is 5.11. The molecule has 186 valence electrons. The molecule has 0 radical (unpaired) electrons. The zero-order chi connectivity index (χ0) is 24.4. The molecule has 0 atom stereocenters. The SMILES string of the molecule is CCCCCCCCOC(=O)c1cccc(-c2cnccn2)c1C(=O)OCCCCCCCC. The van der Waals surface area contributed by atoms with E-state index < -0.39 is 11.9 Å². The van der Waals surface area contributed by atoms with Crippen molar-refractivity contribution >= 4 is 11.9 Å². The number of hydrogen-bond acceptors (Lipinski definition) is 6. The van der Waals surface area contributed by atoms with Gasteiger partial charge in [-0.1, -0.05) is 90.2 Å². The van der Waals surface area contributed by atoms with Gasteiger partial charge in [-0.15, -0.1) is 0 Å². The Morgan fingerprint density at radius 3 is 1.91 bits per heavy atom. The molecule has 0 saturated heterocycles. The van der Waals surface area contributed by atoms with E-state index in [4.69, 9.17) is 9.47 Å². The van der Waals surface area contributed by atoms with Gasteiger partial charge in [0.05, 0.1) is 36.2 Å². The molecule has 0 spiro atoms. The number of rotatable bonds is 17. The minimum atomic E-state index is -0.527. The molecule has 34 heavy (non-hydrogen) atoms. The molecule has 0 unspecified atom stereocenters. The molecule has 1 aromatic heterocycles. The molecule has 6 heteroatoms. The first-order valence-electron chi connectivity index (χ1n) is 12.9. The van der Waals surface area contributed by atoms with E-state index in [0.717, 1.165) is 38.5 Å². The Morgan fingerprint density at radius 2 is 1.32 bits per heavy atom. The van der Waals surface area contributed by atoms with Crippen LogP contribution in [0.1, 0.15) is 112 Å². The van der Waals surface area contributed by atoms with Gasteiger partial charge in [-0.25, -0.2) is 9.59 Å². The predicted molar refractivity (Wildman–Crippen MR) is 135 cm³/mol. The van der Waals surface area contributed by atoms with Crippen LogP contribution in [-0.4, -0.2) is 35.1 Å². The van der Waals surface area contributed by atoms with E-state index in [-0.39, 0.29) is 11.1 Å². The van der Waals surface area contributed by atoms with Crippen LogP contribution in [0, 0.1) is 0 Å². The standard InChI is InChI=1S/C28H40N2O4/c1-3-5-7-9-11-13-20-33-27(31)24-17-15-16-23(25-22-29-18-19-30-25)26(24)28(32)34-21-14-12-10-8-6-4-2/h15-19,22H,3-14,20-21H2,1-2H3. The lowest BCUT2D eigenvalue weighted by Crippen LogP contribution is -2.16. The van der Waals surface area contributed by atoms with E-state index in [0.29, 0.717) is 24.5 Å². The molecule has 2 aromatic rings. The first-order valence-corrected chi connectivity index (χ1v) is 12.9. The predicted octanol–water partition coefficient (Wildman–Crippen LogP) is 7.18. The average molecular weight is 469 g/mol. The van der Waals surface area contributed by atoms with Gasteiger partial charge in [-0.3, -0.25) is 9.97 Å². The van der Waals surface area contributed by atoms with E-state index in [1.54, 1.807) is 36.8 Å². The van der Waals surface area contributed by atoms with E-state index in [9.17, 15) is 9.59 Å². The van der Waals surface area contributed by atoms with Crippen molar-refractivity contribution in [3.05, 3.63) is 47.9 Å². The zero-order valence-corrected chi connectivity index (χ0v) is 20.9. The van der Waals surface area contributed by atoms with Crippen LogP contribution >= 0.6 is 0 Å². The molecular formula is C28H40N2O4. The molecule has 6 nitrogen and oxygen atoms in total. The van der Waals surface area contributed by atoms with Crippen molar-refractivity contribution in [2.45, 2.75) is 90.9 Å². The van der Waals surface area contributed by atoms with Crippen LogP contribution in [0.3, 0.4) is 0 Å². The van der Waals surface area contributed by atoms with Gasteiger partial charge < -0.3 is 9.47 Å². The largest absolute Gasteiger partial charge is 0.462 e. The molecule has 0 aliphatic heterocycles. The highest BCUT2D eigenvalue weighted by Gasteiger charge is 2.24. The van der Waals surface area contributed by atoms with Crippen LogP contribution in [-0.2, 0) is 9.47 Å². The normalized spacial score (nSPS) is 10.8. The molecule has 2 rings (SSSR count). The summed E-state index contributed by atoms with van der Waals surface area (Å²) in [7, 11) is 0. The third-order valence-electron chi connectivity index (χ3n) is 5.79. The second-order valence-electron chi connectivity index (χ2n) is 8.63. The number of aromatic nitrogens is 2. The molecular weight excluding hydrogens is 428 g/mol. The quantitative estimate of drug-likeness (QED) is 0.181. The number of nitrogens with zero attached hydrogens (tertiary/aromatic N) is 2. The Hall–Kier alpha value is -2.76. The number of hydrogen-bond donors (Lipinski definition) is 0. The van der Waals surface area contributed by atoms with Crippen molar-refractivity contribution in [3.63, 3.8) is 0 Å². The topological polar surface area (TPSA) is 78.4 Å². The van der Waals surface area contributed by atoms with E-state index >= 15 is 0 Å². The van der Waals surface area contributed by atoms with Crippen molar-refractivity contribution < 1.29 is 19.1 Å². The van der Waals surface area contributed by atoms with E-state index in [1.165, 1.54) is 38.5 Å². The minimum absolute atomic E-state index is 0.196. The molecule has 0 saturated carbocycles. The highest BCUT2D eigenvalue weighted by atomic mass is 16.5. The van der Waals surface area contributed by atoms with Gasteiger partial charge in [-0.05, 0) is 18.9 Å². The molecule has 0 aliphatic carbocycles. The van der Waals surface area contributed by atoms with E-state index in [1.807, 2.05) is 0 Å². The summed E-state index contributed by atoms with van der Waals surface area (Å²) in [6.07, 6.45) is 17.9. The van der Waals surface area contributed by atoms with Gasteiger partial charge in [0.15, 0.2) is 0 Å². The zero-order valence-electron chi connectivity index (χ0n) is 20.9. The van der Waals surface area contributed by atoms with Gasteiger partial charge in [0, 0.05) is 18.0 Å². The van der Waals surface area contributed by atoms with Crippen LogP contribution < -0.4 is 0 Å². The molecule has 0 N–H and O–H groups in total. The fraction of sp³-hybridized carbons (Fsp3) is 0.571. The number of ether oxygens (including phenoxy) is 2. The van der Waals surface area contributed by atoms with Gasteiger partial charge >= 0.3 is 11.9 Å². The lowest BCUT2D eigenvalue weighted by atomic mass is 9.98. The summed E-state index contributed by atoms with van der Waals surface area (Å²) in [5.41, 5.74) is 1.44. The van der Waals surface area contributed by atoms with Crippen LogP contribution in [0.15, 0.2) is 36.8 Å². The Morgan fingerprint density at radius 1 is 0.735 bits per heavy atom. The second kappa shape index (κ2) is 16.8. The molecule has 1 aromatic carbocycles. The maximum atomic E-state index is 13.1. The average Bonchev–Trinajstić information content (AvgIpc) is 2.87. The fourth-order valence-electron chi connectivity index (χ4n) is 3.84. The Balaban J connectivity index is 2.05. The third kappa shape index (κ3) is 9.62. The van der Waals surface area contributed by atoms with Crippen LogP contribution in [0.4, 0.5) is 0 Å². The van der Waals surface area contributed by atoms with Gasteiger partial charge in [0.2, 0.25) is 0 Å². The maximum Gasteiger partial charge on any atom is 0.339 e. The number of unbranched alkanes of at least 4 members (excludes halogenated alkanes) is 10. The van der Waals surface area contributed by atoms with Crippen LogP contribution in [0.25, 0.3) is 11.3 Å². The maximum absolute atomic E-state index is 13.1. The van der Waals surface area contributed by atoms with Gasteiger partial charge in [0.25, 0.3) is 0 Å². The number of carbonyl (C=O) groups excluding carboxylic acids is 2.